The summed E-state index contributed by atoms with van der Waals surface area (Å²) >= 11 is 0. The SMILES string of the molecule is COC(=O)[C@@H]1[C@H](c2ccco2)[C@@H](C(C)=O)[C@@H]2c3cc(OC)c(OC)cc3CCN12. The summed E-state index contributed by atoms with van der Waals surface area (Å²) in [7, 11) is 4.57. The zero-order valence-corrected chi connectivity index (χ0v) is 17.0. The molecule has 0 bridgehead atoms. The van der Waals surface area contributed by atoms with Crippen LogP contribution in [0, 0.1) is 5.92 Å². The van der Waals surface area contributed by atoms with E-state index in [1.807, 2.05) is 18.2 Å². The molecule has 154 valence electrons. The summed E-state index contributed by atoms with van der Waals surface area (Å²) in [5.41, 5.74) is 2.08. The number of ketones is 1. The summed E-state index contributed by atoms with van der Waals surface area (Å²) in [6, 6.07) is 6.64. The molecule has 1 aromatic carbocycles. The summed E-state index contributed by atoms with van der Waals surface area (Å²) in [4.78, 5) is 27.8. The van der Waals surface area contributed by atoms with Crippen LogP contribution in [0.25, 0.3) is 0 Å². The number of hydrogen-bond acceptors (Lipinski definition) is 7. The van der Waals surface area contributed by atoms with E-state index < -0.39 is 17.9 Å². The fourth-order valence-electron chi connectivity index (χ4n) is 5.00. The number of furan rings is 1. The van der Waals surface area contributed by atoms with Crippen LogP contribution < -0.4 is 9.47 Å². The van der Waals surface area contributed by atoms with Crippen LogP contribution in [0.2, 0.25) is 0 Å². The van der Waals surface area contributed by atoms with Crippen molar-refractivity contribution in [1.82, 2.24) is 4.90 Å². The highest BCUT2D eigenvalue weighted by atomic mass is 16.5. The standard InChI is InChI=1S/C22H25NO6/c1-12(24)18-19(15-6-5-9-29-15)21(22(25)28-4)23-8-7-13-10-16(26-2)17(27-3)11-14(13)20(18)23/h5-6,9-11,18-21H,7-8H2,1-4H3/t18-,19-,20+,21+/m1/s1. The van der Waals surface area contributed by atoms with Crippen LogP contribution in [0.3, 0.4) is 0 Å². The molecule has 4 atom stereocenters. The fraction of sp³-hybridized carbons (Fsp3) is 0.455. The van der Waals surface area contributed by atoms with Crippen molar-refractivity contribution in [2.75, 3.05) is 27.9 Å². The second-order valence-corrected chi connectivity index (χ2v) is 7.48. The van der Waals surface area contributed by atoms with Gasteiger partial charge in [0, 0.05) is 18.5 Å². The molecule has 3 heterocycles. The number of carbonyl (C=O) groups is 2. The Bertz CT molecular complexity index is 922. The summed E-state index contributed by atoms with van der Waals surface area (Å²) in [6.45, 7) is 2.21. The van der Waals surface area contributed by atoms with Crippen molar-refractivity contribution in [3.8, 4) is 11.5 Å². The van der Waals surface area contributed by atoms with E-state index >= 15 is 0 Å². The second kappa shape index (κ2) is 7.55. The van der Waals surface area contributed by atoms with Gasteiger partial charge in [-0.3, -0.25) is 14.5 Å². The average molecular weight is 399 g/mol. The highest BCUT2D eigenvalue weighted by molar-refractivity contribution is 5.86. The number of Topliss-reactive ketones (excluding diaryl/α,β-unsaturated/α-hetero) is 1. The van der Waals surface area contributed by atoms with Gasteiger partial charge in [0.1, 0.15) is 17.6 Å². The maximum atomic E-state index is 12.9. The van der Waals surface area contributed by atoms with E-state index in [2.05, 4.69) is 4.90 Å². The number of benzene rings is 1. The number of nitrogens with zero attached hydrogens (tertiary/aromatic N) is 1. The number of hydrogen-bond donors (Lipinski definition) is 0. The molecule has 2 aliphatic heterocycles. The second-order valence-electron chi connectivity index (χ2n) is 7.48. The predicted molar refractivity (Wildman–Crippen MR) is 104 cm³/mol. The van der Waals surface area contributed by atoms with E-state index in [4.69, 9.17) is 18.6 Å². The molecule has 7 heteroatoms. The molecule has 1 aromatic heterocycles. The van der Waals surface area contributed by atoms with Gasteiger partial charge >= 0.3 is 5.97 Å². The minimum Gasteiger partial charge on any atom is -0.493 e. The molecule has 7 nitrogen and oxygen atoms in total. The van der Waals surface area contributed by atoms with Gasteiger partial charge in [-0.25, -0.2) is 0 Å². The summed E-state index contributed by atoms with van der Waals surface area (Å²) in [5, 5.41) is 0. The molecule has 1 fully saturated rings. The molecule has 0 N–H and O–H groups in total. The highest BCUT2D eigenvalue weighted by Crippen LogP contribution is 2.54. The maximum Gasteiger partial charge on any atom is 0.323 e. The molecule has 1 saturated heterocycles. The number of esters is 1. The first kappa shape index (κ1) is 19.5. The van der Waals surface area contributed by atoms with Crippen LogP contribution in [0.5, 0.6) is 11.5 Å². The van der Waals surface area contributed by atoms with E-state index in [1.165, 1.54) is 7.11 Å². The van der Waals surface area contributed by atoms with Crippen molar-refractivity contribution < 1.29 is 28.2 Å². The van der Waals surface area contributed by atoms with Gasteiger partial charge < -0.3 is 18.6 Å². The van der Waals surface area contributed by atoms with Crippen molar-refractivity contribution in [2.24, 2.45) is 5.92 Å². The van der Waals surface area contributed by atoms with Crippen LogP contribution in [-0.2, 0) is 20.7 Å². The smallest absolute Gasteiger partial charge is 0.323 e. The van der Waals surface area contributed by atoms with Gasteiger partial charge in [0.25, 0.3) is 0 Å². The third-order valence-corrected chi connectivity index (χ3v) is 6.17. The summed E-state index contributed by atoms with van der Waals surface area (Å²) < 4.78 is 21.8. The zero-order chi connectivity index (χ0) is 20.7. The molecule has 0 saturated carbocycles. The van der Waals surface area contributed by atoms with E-state index in [9.17, 15) is 9.59 Å². The Labute approximate surface area is 169 Å². The molecule has 0 unspecified atom stereocenters. The summed E-state index contributed by atoms with van der Waals surface area (Å²) in [5.74, 6) is 0.675. The van der Waals surface area contributed by atoms with Crippen LogP contribution in [-0.4, -0.2) is 50.6 Å². The molecule has 4 rings (SSSR count). The van der Waals surface area contributed by atoms with Gasteiger partial charge in [0.15, 0.2) is 11.5 Å². The Morgan fingerprint density at radius 1 is 1.14 bits per heavy atom. The van der Waals surface area contributed by atoms with Crippen molar-refractivity contribution >= 4 is 11.8 Å². The third kappa shape index (κ3) is 3.00. The molecule has 0 amide bonds. The Hall–Kier alpha value is -2.80. The molecule has 29 heavy (non-hydrogen) atoms. The molecule has 2 aliphatic rings. The lowest BCUT2D eigenvalue weighted by molar-refractivity contribution is -0.147. The van der Waals surface area contributed by atoms with Gasteiger partial charge in [-0.1, -0.05) is 0 Å². The molecular weight excluding hydrogens is 374 g/mol. The maximum absolute atomic E-state index is 12.9. The average Bonchev–Trinajstić information content (AvgIpc) is 3.37. The Kier molecular flexibility index (Phi) is 5.08. The third-order valence-electron chi connectivity index (χ3n) is 6.17. The minimum atomic E-state index is -0.591. The van der Waals surface area contributed by atoms with Crippen molar-refractivity contribution in [3.05, 3.63) is 47.4 Å². The molecule has 0 radical (unpaired) electrons. The van der Waals surface area contributed by atoms with Crippen molar-refractivity contribution in [3.63, 3.8) is 0 Å². The first-order chi connectivity index (χ1) is 14.0. The first-order valence-electron chi connectivity index (χ1n) is 9.64. The fourth-order valence-corrected chi connectivity index (χ4v) is 5.00. The number of methoxy groups -OCH3 is 3. The van der Waals surface area contributed by atoms with Gasteiger partial charge in [0.05, 0.1) is 33.5 Å². The minimum absolute atomic E-state index is 0.00966. The topological polar surface area (TPSA) is 78.2 Å². The van der Waals surface area contributed by atoms with Gasteiger partial charge in [-0.15, -0.1) is 0 Å². The van der Waals surface area contributed by atoms with Crippen LogP contribution >= 0.6 is 0 Å². The molecule has 2 aromatic rings. The Balaban J connectivity index is 1.90. The van der Waals surface area contributed by atoms with E-state index in [-0.39, 0.29) is 17.8 Å². The Morgan fingerprint density at radius 3 is 2.45 bits per heavy atom. The van der Waals surface area contributed by atoms with Crippen LogP contribution in [0.15, 0.2) is 34.9 Å². The van der Waals surface area contributed by atoms with Crippen LogP contribution in [0.4, 0.5) is 0 Å². The van der Waals surface area contributed by atoms with E-state index in [1.54, 1.807) is 33.5 Å². The molecule has 0 spiro atoms. The Morgan fingerprint density at radius 2 is 1.86 bits per heavy atom. The normalized spacial score (nSPS) is 25.8. The zero-order valence-electron chi connectivity index (χ0n) is 17.0. The van der Waals surface area contributed by atoms with Crippen molar-refractivity contribution in [2.45, 2.75) is 31.3 Å². The van der Waals surface area contributed by atoms with Gasteiger partial charge in [-0.2, -0.15) is 0 Å². The number of fused-ring (bicyclic) bond motifs is 3. The van der Waals surface area contributed by atoms with Crippen LogP contribution in [0.1, 0.15) is 35.8 Å². The van der Waals surface area contributed by atoms with Crippen molar-refractivity contribution in [1.29, 1.82) is 0 Å². The van der Waals surface area contributed by atoms with Gasteiger partial charge in [-0.05, 0) is 48.7 Å². The molecule has 0 aliphatic carbocycles. The first-order valence-corrected chi connectivity index (χ1v) is 9.64. The summed E-state index contributed by atoms with van der Waals surface area (Å²) in [6.07, 6.45) is 2.30. The monoisotopic (exact) mass is 399 g/mol. The molecular formula is C22H25NO6. The lowest BCUT2D eigenvalue weighted by atomic mass is 9.79. The lowest BCUT2D eigenvalue weighted by Crippen LogP contribution is -2.43. The lowest BCUT2D eigenvalue weighted by Gasteiger charge is -2.36. The largest absolute Gasteiger partial charge is 0.493 e. The number of rotatable bonds is 5. The quantitative estimate of drug-likeness (QED) is 0.716. The number of carbonyl (C=O) groups excluding carboxylic acids is 2. The predicted octanol–water partition coefficient (Wildman–Crippen LogP) is 2.74. The van der Waals surface area contributed by atoms with Gasteiger partial charge in [0.2, 0.25) is 0 Å². The van der Waals surface area contributed by atoms with E-state index in [0.29, 0.717) is 23.8 Å². The number of ether oxygens (including phenoxy) is 3. The van der Waals surface area contributed by atoms with E-state index in [0.717, 1.165) is 17.5 Å². The highest BCUT2D eigenvalue weighted by Gasteiger charge is 2.57.